The van der Waals surface area contributed by atoms with E-state index in [1.54, 1.807) is 12.1 Å². The zero-order valence-corrected chi connectivity index (χ0v) is 11.0. The van der Waals surface area contributed by atoms with Crippen LogP contribution in [0, 0.1) is 24.4 Å². The molecule has 1 unspecified atom stereocenters. The van der Waals surface area contributed by atoms with E-state index in [4.69, 9.17) is 5.84 Å². The number of benzene rings is 2. The van der Waals surface area contributed by atoms with E-state index in [-0.39, 0.29) is 6.42 Å². The summed E-state index contributed by atoms with van der Waals surface area (Å²) in [6.45, 7) is 1.83. The van der Waals surface area contributed by atoms with Crippen LogP contribution in [0.1, 0.15) is 22.7 Å². The quantitative estimate of drug-likeness (QED) is 0.667. The van der Waals surface area contributed by atoms with E-state index >= 15 is 0 Å². The number of hydrazine groups is 1. The van der Waals surface area contributed by atoms with Crippen molar-refractivity contribution in [3.8, 4) is 0 Å². The zero-order valence-electron chi connectivity index (χ0n) is 11.0. The molecule has 2 nitrogen and oxygen atoms in total. The first kappa shape index (κ1) is 14.6. The molecule has 0 spiro atoms. The van der Waals surface area contributed by atoms with Crippen LogP contribution in [0.2, 0.25) is 0 Å². The molecular formula is C15H15F3N2. The number of halogens is 3. The second-order valence-electron chi connectivity index (χ2n) is 4.73. The van der Waals surface area contributed by atoms with Gasteiger partial charge in [0, 0.05) is 11.6 Å². The van der Waals surface area contributed by atoms with Crippen molar-refractivity contribution in [2.75, 3.05) is 0 Å². The summed E-state index contributed by atoms with van der Waals surface area (Å²) in [5, 5.41) is 0. The minimum absolute atomic E-state index is 0.186. The highest BCUT2D eigenvalue weighted by Gasteiger charge is 2.16. The monoisotopic (exact) mass is 280 g/mol. The van der Waals surface area contributed by atoms with Gasteiger partial charge in [0.15, 0.2) is 0 Å². The molecule has 0 aliphatic heterocycles. The van der Waals surface area contributed by atoms with Crippen molar-refractivity contribution < 1.29 is 13.2 Å². The molecule has 0 fully saturated rings. The van der Waals surface area contributed by atoms with Gasteiger partial charge >= 0.3 is 0 Å². The van der Waals surface area contributed by atoms with E-state index < -0.39 is 23.5 Å². The second-order valence-corrected chi connectivity index (χ2v) is 4.73. The highest BCUT2D eigenvalue weighted by atomic mass is 19.1. The topological polar surface area (TPSA) is 38.0 Å². The van der Waals surface area contributed by atoms with Crippen LogP contribution in [0.5, 0.6) is 0 Å². The molecule has 0 aliphatic carbocycles. The van der Waals surface area contributed by atoms with E-state index in [9.17, 15) is 13.2 Å². The SMILES string of the molecule is Cc1ccc(F)c(C(Cc2cc(F)cc(F)c2)NN)c1. The Bertz CT molecular complexity index is 594. The number of hydrogen-bond donors (Lipinski definition) is 2. The Hall–Kier alpha value is -1.85. The van der Waals surface area contributed by atoms with E-state index in [2.05, 4.69) is 5.43 Å². The van der Waals surface area contributed by atoms with Crippen molar-refractivity contribution in [2.45, 2.75) is 19.4 Å². The van der Waals surface area contributed by atoms with Crippen molar-refractivity contribution in [2.24, 2.45) is 5.84 Å². The molecule has 2 rings (SSSR count). The van der Waals surface area contributed by atoms with Crippen LogP contribution in [-0.2, 0) is 6.42 Å². The molecule has 1 atom stereocenters. The van der Waals surface area contributed by atoms with Crippen LogP contribution in [0.25, 0.3) is 0 Å². The predicted octanol–water partition coefficient (Wildman–Crippen LogP) is 3.16. The van der Waals surface area contributed by atoms with Crippen LogP contribution in [0.3, 0.4) is 0 Å². The number of nitrogens with two attached hydrogens (primary N) is 1. The summed E-state index contributed by atoms with van der Waals surface area (Å²) in [4.78, 5) is 0. The number of rotatable bonds is 4. The van der Waals surface area contributed by atoms with Gasteiger partial charge in [0.05, 0.1) is 6.04 Å². The molecule has 5 heteroatoms. The van der Waals surface area contributed by atoms with Gasteiger partial charge in [-0.25, -0.2) is 13.2 Å². The third-order valence-electron chi connectivity index (χ3n) is 3.09. The van der Waals surface area contributed by atoms with E-state index in [0.29, 0.717) is 11.1 Å². The highest BCUT2D eigenvalue weighted by Crippen LogP contribution is 2.22. The molecule has 0 saturated carbocycles. The van der Waals surface area contributed by atoms with Gasteiger partial charge in [0.2, 0.25) is 0 Å². The summed E-state index contributed by atoms with van der Waals surface area (Å²) in [5.74, 6) is 3.70. The lowest BCUT2D eigenvalue weighted by Gasteiger charge is -2.18. The zero-order chi connectivity index (χ0) is 14.7. The molecule has 20 heavy (non-hydrogen) atoms. The number of nitrogens with one attached hydrogen (secondary N) is 1. The van der Waals surface area contributed by atoms with Crippen LogP contribution < -0.4 is 11.3 Å². The second kappa shape index (κ2) is 6.07. The maximum Gasteiger partial charge on any atom is 0.128 e. The minimum Gasteiger partial charge on any atom is -0.271 e. The lowest BCUT2D eigenvalue weighted by Crippen LogP contribution is -2.30. The Morgan fingerprint density at radius 2 is 1.70 bits per heavy atom. The van der Waals surface area contributed by atoms with Gasteiger partial charge in [-0.05, 0) is 37.1 Å². The first-order valence-corrected chi connectivity index (χ1v) is 6.16. The summed E-state index contributed by atoms with van der Waals surface area (Å²) in [7, 11) is 0. The highest BCUT2D eigenvalue weighted by molar-refractivity contribution is 5.29. The maximum atomic E-state index is 13.8. The summed E-state index contributed by atoms with van der Waals surface area (Å²) < 4.78 is 40.1. The van der Waals surface area contributed by atoms with Crippen LogP contribution >= 0.6 is 0 Å². The van der Waals surface area contributed by atoms with Gasteiger partial charge in [0.25, 0.3) is 0 Å². The first-order chi connectivity index (χ1) is 9.49. The fourth-order valence-corrected chi connectivity index (χ4v) is 2.15. The molecule has 2 aromatic rings. The molecule has 106 valence electrons. The summed E-state index contributed by atoms with van der Waals surface area (Å²) in [6, 6.07) is 7.31. The van der Waals surface area contributed by atoms with Gasteiger partial charge in [-0.2, -0.15) is 0 Å². The van der Waals surface area contributed by atoms with Crippen molar-refractivity contribution in [3.05, 3.63) is 70.5 Å². The molecule has 0 amide bonds. The minimum atomic E-state index is -0.666. The molecule has 2 aromatic carbocycles. The summed E-state index contributed by atoms with van der Waals surface area (Å²) in [6.07, 6.45) is 0.186. The molecule has 0 aliphatic rings. The fraction of sp³-hybridized carbons (Fsp3) is 0.200. The average molecular weight is 280 g/mol. The van der Waals surface area contributed by atoms with Crippen molar-refractivity contribution >= 4 is 0 Å². The summed E-state index contributed by atoms with van der Waals surface area (Å²) >= 11 is 0. The van der Waals surface area contributed by atoms with Gasteiger partial charge in [-0.15, -0.1) is 0 Å². The van der Waals surface area contributed by atoms with Crippen molar-refractivity contribution in [1.82, 2.24) is 5.43 Å². The average Bonchev–Trinajstić information content (AvgIpc) is 2.38. The number of hydrogen-bond acceptors (Lipinski definition) is 2. The smallest absolute Gasteiger partial charge is 0.128 e. The van der Waals surface area contributed by atoms with E-state index in [1.807, 2.05) is 6.92 Å². The lowest BCUT2D eigenvalue weighted by atomic mass is 9.97. The van der Waals surface area contributed by atoms with Gasteiger partial charge < -0.3 is 0 Å². The van der Waals surface area contributed by atoms with Gasteiger partial charge in [-0.1, -0.05) is 17.7 Å². The van der Waals surface area contributed by atoms with Crippen molar-refractivity contribution in [3.63, 3.8) is 0 Å². The van der Waals surface area contributed by atoms with Gasteiger partial charge in [0.1, 0.15) is 17.5 Å². The third-order valence-corrected chi connectivity index (χ3v) is 3.09. The molecule has 3 N–H and O–H groups in total. The third kappa shape index (κ3) is 3.37. The summed E-state index contributed by atoms with van der Waals surface area (Å²) in [5.41, 5.74) is 4.15. The predicted molar refractivity (Wildman–Crippen MR) is 71.3 cm³/mol. The molecule has 0 heterocycles. The van der Waals surface area contributed by atoms with Crippen LogP contribution in [0.4, 0.5) is 13.2 Å². The van der Waals surface area contributed by atoms with E-state index in [1.165, 1.54) is 18.2 Å². The molecular weight excluding hydrogens is 265 g/mol. The molecule has 0 bridgehead atoms. The molecule has 0 aromatic heterocycles. The maximum absolute atomic E-state index is 13.8. The Morgan fingerprint density at radius 3 is 2.30 bits per heavy atom. The normalized spacial score (nSPS) is 12.4. The van der Waals surface area contributed by atoms with Crippen LogP contribution in [0.15, 0.2) is 36.4 Å². The Morgan fingerprint density at radius 1 is 1.05 bits per heavy atom. The molecule has 0 saturated heterocycles. The van der Waals surface area contributed by atoms with Gasteiger partial charge in [-0.3, -0.25) is 11.3 Å². The standard InChI is InChI=1S/C15H15F3N2/c1-9-2-3-14(18)13(4-9)15(20-19)7-10-5-11(16)8-12(17)6-10/h2-6,8,15,20H,7,19H2,1H3. The number of aryl methyl sites for hydroxylation is 1. The van der Waals surface area contributed by atoms with E-state index in [0.717, 1.165) is 11.6 Å². The Kier molecular flexibility index (Phi) is 4.42. The first-order valence-electron chi connectivity index (χ1n) is 6.16. The fourth-order valence-electron chi connectivity index (χ4n) is 2.15. The lowest BCUT2D eigenvalue weighted by molar-refractivity contribution is 0.506. The Labute approximate surface area is 115 Å². The van der Waals surface area contributed by atoms with Crippen LogP contribution in [-0.4, -0.2) is 0 Å². The van der Waals surface area contributed by atoms with Crippen molar-refractivity contribution in [1.29, 1.82) is 0 Å². The Balaban J connectivity index is 2.31. The molecule has 0 radical (unpaired) electrons. The largest absolute Gasteiger partial charge is 0.271 e.